The first-order valence-corrected chi connectivity index (χ1v) is 4.50. The van der Waals surface area contributed by atoms with Gasteiger partial charge in [0.1, 0.15) is 0 Å². The van der Waals surface area contributed by atoms with Crippen molar-refractivity contribution in [3.8, 4) is 0 Å². The van der Waals surface area contributed by atoms with Crippen LogP contribution in [-0.2, 0) is 0 Å². The van der Waals surface area contributed by atoms with Crippen LogP contribution in [0.4, 0.5) is 11.5 Å². The Morgan fingerprint density at radius 2 is 2.33 bits per heavy atom. The number of nitrogens with one attached hydrogen (secondary N) is 1. The number of aliphatic imine (C=N–C) groups is 1. The van der Waals surface area contributed by atoms with E-state index in [-0.39, 0.29) is 6.61 Å². The number of rotatable bonds is 1. The summed E-state index contributed by atoms with van der Waals surface area (Å²) in [6.45, 7) is 3.18. The van der Waals surface area contributed by atoms with E-state index in [4.69, 9.17) is 10.5 Å². The van der Waals surface area contributed by atoms with E-state index in [0.29, 0.717) is 12.4 Å². The van der Waals surface area contributed by atoms with Gasteiger partial charge in [0.2, 0.25) is 0 Å². The average molecular weight is 206 g/mol. The van der Waals surface area contributed by atoms with Crippen molar-refractivity contribution >= 4 is 23.9 Å². The van der Waals surface area contributed by atoms with Crippen molar-refractivity contribution in [3.63, 3.8) is 0 Å². The molecule has 0 atom stereocenters. The Balaban J connectivity index is 0.000000531. The maximum Gasteiger partial charge on any atom is 0.175 e. The smallest absolute Gasteiger partial charge is 0.175 e. The van der Waals surface area contributed by atoms with Gasteiger partial charge in [-0.05, 0) is 18.9 Å². The van der Waals surface area contributed by atoms with Crippen molar-refractivity contribution in [2.45, 2.75) is 0 Å². The minimum atomic E-state index is 0.000351. The zero-order chi connectivity index (χ0) is 11.3. The van der Waals surface area contributed by atoms with Crippen molar-refractivity contribution < 1.29 is 5.11 Å². The number of aromatic nitrogens is 1. The molecule has 2 rings (SSSR count). The lowest BCUT2D eigenvalue weighted by Crippen LogP contribution is -2.30. The molecule has 80 valence electrons. The molecule has 1 aromatic heterocycles. The Hall–Kier alpha value is -1.75. The van der Waals surface area contributed by atoms with Crippen LogP contribution in [0.15, 0.2) is 23.3 Å². The van der Waals surface area contributed by atoms with Crippen molar-refractivity contribution in [1.82, 2.24) is 4.98 Å². The van der Waals surface area contributed by atoms with Crippen LogP contribution in [0.5, 0.6) is 0 Å². The number of pyridine rings is 1. The molecular weight excluding hydrogens is 192 g/mol. The monoisotopic (exact) mass is 206 g/mol. The van der Waals surface area contributed by atoms with Gasteiger partial charge in [0.25, 0.3) is 0 Å². The predicted molar refractivity (Wildman–Crippen MR) is 61.5 cm³/mol. The third kappa shape index (κ3) is 2.38. The first-order valence-electron chi connectivity index (χ1n) is 4.50. The molecule has 1 aliphatic rings. The van der Waals surface area contributed by atoms with Gasteiger partial charge in [0, 0.05) is 13.2 Å². The van der Waals surface area contributed by atoms with Crippen LogP contribution < -0.4 is 4.90 Å². The van der Waals surface area contributed by atoms with Crippen LogP contribution in [-0.4, -0.2) is 42.7 Å². The first-order chi connectivity index (χ1) is 7.31. The van der Waals surface area contributed by atoms with E-state index in [1.807, 2.05) is 24.1 Å². The Bertz CT molecular complexity index is 364. The first kappa shape index (κ1) is 11.3. The SMILES string of the molecule is C=N.CN1CC(CO)=Nc2ncccc21. The third-order valence-corrected chi connectivity index (χ3v) is 2.04. The second-order valence-corrected chi connectivity index (χ2v) is 3.04. The molecule has 5 heteroatoms. The van der Waals surface area contributed by atoms with E-state index in [1.165, 1.54) is 0 Å². The van der Waals surface area contributed by atoms with E-state index in [0.717, 1.165) is 11.4 Å². The molecule has 0 saturated carbocycles. The van der Waals surface area contributed by atoms with Crippen molar-refractivity contribution in [2.24, 2.45) is 4.99 Å². The van der Waals surface area contributed by atoms with Crippen molar-refractivity contribution in [2.75, 3.05) is 25.1 Å². The molecule has 0 spiro atoms. The standard InChI is InChI=1S/C9H11N3O.CH3N/c1-12-5-7(6-13)11-9-8(12)3-2-4-10-9;1-2/h2-4,13H,5-6H2,1H3;2H,1H2. The highest BCUT2D eigenvalue weighted by Gasteiger charge is 2.15. The number of hydrogen-bond acceptors (Lipinski definition) is 5. The molecule has 2 N–H and O–H groups in total. The van der Waals surface area contributed by atoms with Crippen LogP contribution in [0.1, 0.15) is 0 Å². The van der Waals surface area contributed by atoms with Crippen LogP contribution in [0.3, 0.4) is 0 Å². The van der Waals surface area contributed by atoms with Crippen molar-refractivity contribution in [3.05, 3.63) is 18.3 Å². The normalized spacial score (nSPS) is 13.5. The highest BCUT2D eigenvalue weighted by Crippen LogP contribution is 2.27. The van der Waals surface area contributed by atoms with Gasteiger partial charge in [-0.25, -0.2) is 9.98 Å². The minimum Gasteiger partial charge on any atom is -0.390 e. The number of aliphatic hydroxyl groups is 1. The zero-order valence-corrected chi connectivity index (χ0v) is 8.64. The number of fused-ring (bicyclic) bond motifs is 1. The molecule has 0 bridgehead atoms. The summed E-state index contributed by atoms with van der Waals surface area (Å²) in [4.78, 5) is 10.4. The van der Waals surface area contributed by atoms with E-state index in [1.54, 1.807) is 6.20 Å². The van der Waals surface area contributed by atoms with Gasteiger partial charge in [0.15, 0.2) is 5.82 Å². The quantitative estimate of drug-likeness (QED) is 0.669. The summed E-state index contributed by atoms with van der Waals surface area (Å²) in [6, 6.07) is 3.86. The summed E-state index contributed by atoms with van der Waals surface area (Å²) < 4.78 is 0. The topological polar surface area (TPSA) is 72.6 Å². The summed E-state index contributed by atoms with van der Waals surface area (Å²) in [5, 5.41) is 14.4. The largest absolute Gasteiger partial charge is 0.390 e. The summed E-state index contributed by atoms with van der Waals surface area (Å²) in [5.74, 6) is 0.695. The van der Waals surface area contributed by atoms with Crippen LogP contribution in [0, 0.1) is 5.41 Å². The van der Waals surface area contributed by atoms with Crippen LogP contribution >= 0.6 is 0 Å². The van der Waals surface area contributed by atoms with E-state index >= 15 is 0 Å². The Labute approximate surface area is 88.6 Å². The van der Waals surface area contributed by atoms with Gasteiger partial charge in [0.05, 0.1) is 24.6 Å². The third-order valence-electron chi connectivity index (χ3n) is 2.04. The number of aliphatic hydroxyl groups excluding tert-OH is 1. The fraction of sp³-hybridized carbons (Fsp3) is 0.300. The molecule has 15 heavy (non-hydrogen) atoms. The van der Waals surface area contributed by atoms with Crippen LogP contribution in [0.2, 0.25) is 0 Å². The van der Waals surface area contributed by atoms with E-state index in [9.17, 15) is 0 Å². The van der Waals surface area contributed by atoms with Gasteiger partial charge in [-0.3, -0.25) is 0 Å². The van der Waals surface area contributed by atoms with E-state index in [2.05, 4.69) is 16.7 Å². The van der Waals surface area contributed by atoms with Gasteiger partial charge in [-0.2, -0.15) is 0 Å². The zero-order valence-electron chi connectivity index (χ0n) is 8.64. The summed E-state index contributed by atoms with van der Waals surface area (Å²) >= 11 is 0. The highest BCUT2D eigenvalue weighted by molar-refractivity contribution is 5.95. The van der Waals surface area contributed by atoms with Gasteiger partial charge >= 0.3 is 0 Å². The predicted octanol–water partition coefficient (Wildman–Crippen LogP) is 0.862. The second-order valence-electron chi connectivity index (χ2n) is 3.04. The number of nitrogens with zero attached hydrogens (tertiary/aromatic N) is 3. The Morgan fingerprint density at radius 1 is 1.60 bits per heavy atom. The van der Waals surface area contributed by atoms with Gasteiger partial charge < -0.3 is 15.4 Å². The molecule has 1 aliphatic heterocycles. The molecule has 0 aromatic carbocycles. The summed E-state index contributed by atoms with van der Waals surface area (Å²) in [6.07, 6.45) is 1.70. The van der Waals surface area contributed by atoms with Crippen LogP contribution in [0.25, 0.3) is 0 Å². The lowest BCUT2D eigenvalue weighted by Gasteiger charge is -2.24. The molecule has 0 aliphatic carbocycles. The molecule has 0 amide bonds. The number of hydrogen-bond donors (Lipinski definition) is 2. The average Bonchev–Trinajstić information content (AvgIpc) is 2.31. The fourth-order valence-electron chi connectivity index (χ4n) is 1.40. The second kappa shape index (κ2) is 5.21. The molecular formula is C10H14N4O. The maximum atomic E-state index is 8.95. The molecule has 0 saturated heterocycles. The maximum absolute atomic E-state index is 8.95. The fourth-order valence-corrected chi connectivity index (χ4v) is 1.40. The highest BCUT2D eigenvalue weighted by atomic mass is 16.3. The molecule has 0 fully saturated rings. The lowest BCUT2D eigenvalue weighted by molar-refractivity contribution is 0.355. The minimum absolute atomic E-state index is 0.000351. The van der Waals surface area contributed by atoms with Gasteiger partial charge in [-0.1, -0.05) is 0 Å². The Morgan fingerprint density at radius 3 is 3.00 bits per heavy atom. The lowest BCUT2D eigenvalue weighted by atomic mass is 10.2. The molecule has 5 nitrogen and oxygen atoms in total. The summed E-state index contributed by atoms with van der Waals surface area (Å²) in [5.41, 5.74) is 1.77. The number of anilines is 1. The molecule has 0 radical (unpaired) electrons. The molecule has 0 unspecified atom stereocenters. The summed E-state index contributed by atoms with van der Waals surface area (Å²) in [7, 11) is 1.96. The molecule has 1 aromatic rings. The molecule has 2 heterocycles. The van der Waals surface area contributed by atoms with E-state index < -0.39 is 0 Å². The Kier molecular flexibility index (Phi) is 3.93. The van der Waals surface area contributed by atoms with Crippen molar-refractivity contribution in [1.29, 1.82) is 5.41 Å². The van der Waals surface area contributed by atoms with Gasteiger partial charge in [-0.15, -0.1) is 0 Å².